The molecule has 5 amide bonds. The number of aryl methyl sites for hydroxylation is 1. The van der Waals surface area contributed by atoms with Crippen molar-refractivity contribution in [3.05, 3.63) is 251 Å². The summed E-state index contributed by atoms with van der Waals surface area (Å²) in [5, 5.41) is 39.0. The van der Waals surface area contributed by atoms with E-state index in [9.17, 15) is 42.6 Å². The summed E-state index contributed by atoms with van der Waals surface area (Å²) in [6.45, 7) is 31.6. The first-order chi connectivity index (χ1) is 66.3. The molecule has 6 aliphatic carbocycles. The second-order valence-electron chi connectivity index (χ2n) is 41.9. The van der Waals surface area contributed by atoms with Gasteiger partial charge in [0.15, 0.2) is 0 Å². The summed E-state index contributed by atoms with van der Waals surface area (Å²) in [4.78, 5) is 60.5. The van der Waals surface area contributed by atoms with Crippen molar-refractivity contribution in [3.8, 4) is 45.3 Å². The van der Waals surface area contributed by atoms with E-state index in [4.69, 9.17) is 51.2 Å². The van der Waals surface area contributed by atoms with Crippen molar-refractivity contribution in [2.75, 3.05) is 32.6 Å². The van der Waals surface area contributed by atoms with Gasteiger partial charge in [0.1, 0.15) is 41.8 Å². The first kappa shape index (κ1) is 119. The van der Waals surface area contributed by atoms with Gasteiger partial charge >= 0.3 is 26.5 Å². The second-order valence-corrected chi connectivity index (χ2v) is 47.3. The van der Waals surface area contributed by atoms with Gasteiger partial charge in [0.25, 0.3) is 33.7 Å². The Hall–Kier alpha value is -9.39. The Morgan fingerprint density at radius 2 is 1.07 bits per heavy atom. The fourth-order valence-electron chi connectivity index (χ4n) is 19.7. The molecule has 6 saturated carbocycles. The largest absolute Gasteiger partial charge is 2.00 e. The molecule has 31 heteroatoms. The van der Waals surface area contributed by atoms with Crippen molar-refractivity contribution < 1.29 is 112 Å². The van der Waals surface area contributed by atoms with Gasteiger partial charge in [0.05, 0.1) is 104 Å². The van der Waals surface area contributed by atoms with E-state index in [0.717, 1.165) is 110 Å². The number of pyridine rings is 2. The number of aliphatic hydroxyl groups is 2. The Morgan fingerprint density at radius 1 is 0.615 bits per heavy atom. The number of amides is 5. The zero-order chi connectivity index (χ0) is 102. The fourth-order valence-corrected chi connectivity index (χ4v) is 24.4. The molecular weight excluding hydrogens is 2100 g/mol. The molecule has 6 aromatic carbocycles. The Balaban J connectivity index is 0.000000227. The first-order valence-electron chi connectivity index (χ1n) is 49.5. The van der Waals surface area contributed by atoms with E-state index in [-0.39, 0.29) is 115 Å². The molecular formula is C112H151BrN11O15PPd2S. The summed E-state index contributed by atoms with van der Waals surface area (Å²) in [5.41, 5.74) is 39.0. The minimum Gasteiger partial charge on any atom is -0.706 e. The van der Waals surface area contributed by atoms with E-state index in [1.807, 2.05) is 75.4 Å². The molecule has 0 aliphatic heterocycles. The second kappa shape index (κ2) is 53.8. The maximum atomic E-state index is 13.0. The van der Waals surface area contributed by atoms with Gasteiger partial charge in [0, 0.05) is 57.0 Å². The van der Waals surface area contributed by atoms with E-state index in [1.54, 1.807) is 150 Å². The van der Waals surface area contributed by atoms with Crippen LogP contribution in [0.5, 0.6) is 23.0 Å². The quantitative estimate of drug-likeness (QED) is 0.00486. The number of nitrogens with two attached hydrogens (primary N) is 3. The Bertz CT molecular complexity index is 5900. The van der Waals surface area contributed by atoms with Crippen LogP contribution in [0.3, 0.4) is 0 Å². The standard InChI is InChI=1S/C33H49P.C30H39N5O5.C26H29BrN4O5.C12H9N.C9H17NO2.CH4O3S.CH3.2Pd/c1-23(2)26-21-30(24(3)4)33(31(22-26)25(5)6)29-19-13-14-20-32(29)34(27-15-9-7-10-16-27)28-17-11-8-12-18-28;1-29(2,38)18-39-21-7-9-25-24(16-33-35(25)17-21)28(37)34-20-12-30(13-20)14-22(15-30)40-26-11-19(5-3-4-10-31)6-8-23(26)27(32)36;1-25(2,34)14-35-17-4-6-21-20(12-29-31(21)13-17)24(33)30-16-8-26(9-16)10-18(11-26)36-22-7-15(27)3-5-19(22)23(28)32;13-12-9-5-4-8-11(12)10-6-2-1-3-7-10;1-5-6-7-10-8(11)12-9(2,3)4;1-5(2,3)4;;;/h13-14,19-25,27-28H,7-12,15-18H2,1-6H3;6-9,11,16-17,20,22,38H,3-5,10,12-15,18,31H2,1-2H3,(H2,32,36)(H,34,37);3-7,12-13,16,18,34H,8-11,14H2,1-2H3,(H2,28,32)(H,30,33);1-6,8-9,13H;5H,1,6-7H2,2-4H3,(H,10,11);1H3,(H,2,3,4);1H3;;/q;;;-2;;;-1;;+2/p+1. The normalized spacial score (nSPS) is 18.6. The van der Waals surface area contributed by atoms with Crippen LogP contribution in [0.2, 0.25) is 0 Å². The molecule has 6 fully saturated rings. The van der Waals surface area contributed by atoms with Gasteiger partial charge in [-0.05, 0) is 300 Å². The number of benzene rings is 6. The van der Waals surface area contributed by atoms with Gasteiger partial charge in [0.2, 0.25) is 0 Å². The van der Waals surface area contributed by atoms with Crippen molar-refractivity contribution in [2.24, 2.45) is 28.0 Å². The molecule has 4 heterocycles. The van der Waals surface area contributed by atoms with Gasteiger partial charge in [-0.15, -0.1) is 48.0 Å². The van der Waals surface area contributed by atoms with E-state index in [2.05, 4.69) is 133 Å². The van der Waals surface area contributed by atoms with Crippen LogP contribution in [-0.2, 0) is 62.1 Å². The van der Waals surface area contributed by atoms with Crippen molar-refractivity contribution in [1.29, 1.82) is 0 Å². The number of ether oxygens (including phenoxy) is 5. The van der Waals surface area contributed by atoms with Crippen LogP contribution in [-0.4, -0.2) is 157 Å². The van der Waals surface area contributed by atoms with Crippen molar-refractivity contribution >= 4 is 85.7 Å². The SMILES string of the molecule is C=CCCNC(=O)OC(C)(C)C.CC(C)(O)COc1ccc2c(C(=O)NC3CC4(C3)CC(Oc3cc(Br)ccc3C(N)=O)C4)cnn2c1.CC(C)(O)COc1ccc2c(C(=O)NC3CC4(C3)CC(Oc3cc(CCCCN)ccc3C(N)=O)C4)cnn2c1.CC(C)c1cc(C(C)C)c(-c2ccccc2[PH+](C2CCCCC2)C2CCCCC2)c(C(C)C)c1.CS(=O)(=O)O.[CH3-].[NH-]c1ccccc1-c1[c-]cccc1.[Pd+2].[Pd]. The number of nitrogens with zero attached hydrogens (tertiary/aromatic N) is 4. The summed E-state index contributed by atoms with van der Waals surface area (Å²) >= 11 is 3.41. The number of halogens is 1. The van der Waals surface area contributed by atoms with Crippen molar-refractivity contribution in [2.45, 2.75) is 301 Å². The number of primary amides is 2. The average Bonchev–Trinajstić information content (AvgIpc) is 1.22. The predicted molar refractivity (Wildman–Crippen MR) is 570 cm³/mol. The molecule has 0 saturated heterocycles. The van der Waals surface area contributed by atoms with Crippen LogP contribution in [0, 0.1) is 24.3 Å². The molecule has 16 rings (SSSR count). The van der Waals surface area contributed by atoms with Gasteiger partial charge < -0.3 is 80.2 Å². The molecule has 0 atom stereocenters. The molecule has 0 unspecified atom stereocenters. The number of hydrogen-bond donors (Lipinski definition) is 9. The molecule has 10 aromatic rings. The zero-order valence-corrected chi connectivity index (χ0v) is 92.2. The van der Waals surface area contributed by atoms with E-state index < -0.39 is 46.7 Å². The van der Waals surface area contributed by atoms with E-state index >= 15 is 0 Å². The number of alkyl carbamates (subject to hydrolysis) is 1. The predicted octanol–water partition coefficient (Wildman–Crippen LogP) is 22.6. The number of aromatic nitrogens is 4. The van der Waals surface area contributed by atoms with Crippen molar-refractivity contribution in [1.82, 2.24) is 35.2 Å². The smallest absolute Gasteiger partial charge is 0.706 e. The molecule has 0 bridgehead atoms. The van der Waals surface area contributed by atoms with Gasteiger partial charge in [-0.25, -0.2) is 13.8 Å². The van der Waals surface area contributed by atoms with Crippen LogP contribution in [0.1, 0.15) is 306 Å². The zero-order valence-electron chi connectivity index (χ0n) is 85.7. The third-order valence-corrected chi connectivity index (χ3v) is 30.8. The molecule has 2 spiro atoms. The number of carbonyl (C=O) groups is 5. The van der Waals surface area contributed by atoms with Crippen LogP contribution in [0.25, 0.3) is 39.0 Å². The molecule has 13 N–H and O–H groups in total. The minimum absolute atomic E-state index is 0. The molecule has 26 nitrogen and oxygen atoms in total. The topological polar surface area (TPSA) is 399 Å². The molecule has 782 valence electrons. The van der Waals surface area contributed by atoms with Gasteiger partial charge in [-0.2, -0.15) is 24.3 Å². The van der Waals surface area contributed by atoms with Crippen LogP contribution in [0.4, 0.5) is 10.5 Å². The van der Waals surface area contributed by atoms with Crippen LogP contribution >= 0.6 is 23.9 Å². The molecule has 4 aromatic heterocycles. The Morgan fingerprint density at radius 3 is 1.50 bits per heavy atom. The third kappa shape index (κ3) is 35.2. The fraction of sp³-hybridized carbons (Fsp3) is 0.482. The maximum Gasteiger partial charge on any atom is 2.00 e. The summed E-state index contributed by atoms with van der Waals surface area (Å²) in [6, 6.07) is 51.4. The first-order valence-corrected chi connectivity index (χ1v) is 53.8. The number of rotatable bonds is 31. The molecule has 0 radical (unpaired) electrons. The third-order valence-electron chi connectivity index (χ3n) is 26.4. The number of carbonyl (C=O) groups excluding carboxylic acids is 5. The Kier molecular flexibility index (Phi) is 44.7. The van der Waals surface area contributed by atoms with Crippen LogP contribution < -0.4 is 57.4 Å². The van der Waals surface area contributed by atoms with Gasteiger partial charge in [-0.3, -0.25) is 23.7 Å². The molecule has 6 aliphatic rings. The average molecular weight is 2250 g/mol. The number of fused-ring (bicyclic) bond motifs is 2. The maximum absolute atomic E-state index is 13.0. The monoisotopic (exact) mass is 2240 g/mol. The van der Waals surface area contributed by atoms with Crippen LogP contribution in [0.15, 0.2) is 188 Å². The molecule has 143 heavy (non-hydrogen) atoms. The number of nitrogens with one attached hydrogen (secondary N) is 4. The van der Waals surface area contributed by atoms with E-state index in [0.29, 0.717) is 99.1 Å². The summed E-state index contributed by atoms with van der Waals surface area (Å²) in [7, 11) is -4.28. The number of hydrogen-bond acceptors (Lipinski definition) is 17. The Labute approximate surface area is 884 Å². The van der Waals surface area contributed by atoms with E-state index in [1.165, 1.54) is 69.8 Å². The van der Waals surface area contributed by atoms with Gasteiger partial charge in [-0.1, -0.05) is 137 Å². The summed E-state index contributed by atoms with van der Waals surface area (Å²) in [6.07, 6.45) is 34.1. The number of unbranched alkanes of at least 4 members (excludes halogenated alkanes) is 1. The minimum atomic E-state index is -3.67. The summed E-state index contributed by atoms with van der Waals surface area (Å²) < 4.78 is 58.4. The van der Waals surface area contributed by atoms with Crippen molar-refractivity contribution in [3.63, 3.8) is 0 Å². The summed E-state index contributed by atoms with van der Waals surface area (Å²) in [5.74, 6) is 2.54.